The molecule has 3 aromatic rings. The summed E-state index contributed by atoms with van der Waals surface area (Å²) < 4.78 is 2.12. The molecule has 1 aromatic carbocycles. The molecule has 4 rings (SSSR count). The predicted molar refractivity (Wildman–Crippen MR) is 116 cm³/mol. The highest BCUT2D eigenvalue weighted by atomic mass is 32.1. The number of carbonyl (C=O) groups excluding carboxylic acids is 3. The Morgan fingerprint density at radius 3 is 2.63 bits per heavy atom. The number of aryl methyl sites for hydroxylation is 1. The second-order valence-corrected chi connectivity index (χ2v) is 8.55. The second-order valence-electron chi connectivity index (χ2n) is 7.52. The lowest BCUT2D eigenvalue weighted by atomic mass is 9.92. The number of amides is 4. The Labute approximate surface area is 178 Å². The van der Waals surface area contributed by atoms with Gasteiger partial charge >= 0.3 is 6.03 Å². The molecule has 7 nitrogen and oxygen atoms in total. The van der Waals surface area contributed by atoms with Crippen molar-refractivity contribution in [3.8, 4) is 0 Å². The number of hydrogen-bond donors (Lipinski definition) is 3. The number of aromatic nitrogens is 1. The monoisotopic (exact) mass is 422 g/mol. The summed E-state index contributed by atoms with van der Waals surface area (Å²) in [6.07, 6.45) is 0. The molecule has 0 spiro atoms. The van der Waals surface area contributed by atoms with Crippen LogP contribution in [0.1, 0.15) is 39.1 Å². The fraction of sp³-hybridized carbons (Fsp3) is 0.227. The van der Waals surface area contributed by atoms with Gasteiger partial charge in [0.15, 0.2) is 0 Å². The number of nitrogens with zero attached hydrogens (tertiary/aromatic N) is 1. The maximum Gasteiger partial charge on any atom is 0.322 e. The number of benzene rings is 1. The highest BCUT2D eigenvalue weighted by molar-refractivity contribution is 7.09. The predicted octanol–water partition coefficient (Wildman–Crippen LogP) is 3.52. The van der Waals surface area contributed by atoms with Gasteiger partial charge in [-0.2, -0.15) is 0 Å². The third-order valence-electron chi connectivity index (χ3n) is 5.45. The van der Waals surface area contributed by atoms with Crippen LogP contribution in [0.3, 0.4) is 0 Å². The Kier molecular flexibility index (Phi) is 4.95. The van der Waals surface area contributed by atoms with Gasteiger partial charge in [0.2, 0.25) is 0 Å². The molecule has 154 valence electrons. The smallest absolute Gasteiger partial charge is 0.322 e. The molecule has 1 aliphatic rings. The summed E-state index contributed by atoms with van der Waals surface area (Å²) in [6.45, 7) is 6.28. The molecule has 1 unspecified atom stereocenters. The van der Waals surface area contributed by atoms with Crippen LogP contribution in [-0.2, 0) is 16.9 Å². The third-order valence-corrected chi connectivity index (χ3v) is 6.32. The van der Waals surface area contributed by atoms with Crippen LogP contribution in [0.25, 0.3) is 0 Å². The average molecular weight is 423 g/mol. The van der Waals surface area contributed by atoms with Gasteiger partial charge in [-0.25, -0.2) is 4.79 Å². The van der Waals surface area contributed by atoms with Crippen molar-refractivity contribution >= 4 is 34.9 Å². The Bertz CT molecular complexity index is 1150. The first-order chi connectivity index (χ1) is 14.3. The summed E-state index contributed by atoms with van der Waals surface area (Å²) in [5, 5.41) is 9.83. The summed E-state index contributed by atoms with van der Waals surface area (Å²) in [7, 11) is 0. The number of thiophene rings is 1. The number of carbonyl (C=O) groups is 3. The minimum Gasteiger partial charge on any atom is -0.343 e. The minimum absolute atomic E-state index is 0.220. The molecule has 3 N–H and O–H groups in total. The molecule has 8 heteroatoms. The largest absolute Gasteiger partial charge is 0.343 e. The fourth-order valence-electron chi connectivity index (χ4n) is 3.69. The zero-order chi connectivity index (χ0) is 21.5. The molecule has 2 aromatic heterocycles. The standard InChI is InChI=1S/C22H22N4O3S/c1-13-10-18(14(2)26(13)12-17-8-5-9-30-17)19(27)23-16-7-4-6-15(11-16)22(3)20(28)24-21(29)25-22/h4-11H,12H2,1-3H3,(H,23,27)(H2,24,25,28,29). The van der Waals surface area contributed by atoms with Crippen LogP contribution < -0.4 is 16.0 Å². The molecule has 4 amide bonds. The van der Waals surface area contributed by atoms with E-state index in [1.807, 2.05) is 31.4 Å². The van der Waals surface area contributed by atoms with Crippen molar-refractivity contribution in [2.45, 2.75) is 32.9 Å². The number of imide groups is 1. The SMILES string of the molecule is Cc1cc(C(=O)Nc2cccc(C3(C)NC(=O)NC3=O)c2)c(C)n1Cc1cccs1. The zero-order valence-electron chi connectivity index (χ0n) is 16.9. The number of nitrogens with one attached hydrogen (secondary N) is 3. The fourth-order valence-corrected chi connectivity index (χ4v) is 4.38. The van der Waals surface area contributed by atoms with Gasteiger partial charge in [0.1, 0.15) is 5.54 Å². The van der Waals surface area contributed by atoms with E-state index < -0.39 is 17.5 Å². The van der Waals surface area contributed by atoms with Gasteiger partial charge in [-0.3, -0.25) is 14.9 Å². The van der Waals surface area contributed by atoms with Crippen molar-refractivity contribution in [2.24, 2.45) is 0 Å². The number of hydrogen-bond acceptors (Lipinski definition) is 4. The van der Waals surface area contributed by atoms with Crippen molar-refractivity contribution in [1.29, 1.82) is 0 Å². The summed E-state index contributed by atoms with van der Waals surface area (Å²) in [4.78, 5) is 37.9. The number of urea groups is 1. The molecule has 0 bridgehead atoms. The molecule has 1 aliphatic heterocycles. The lowest BCUT2D eigenvalue weighted by molar-refractivity contribution is -0.123. The molecular formula is C22H22N4O3S. The van der Waals surface area contributed by atoms with E-state index >= 15 is 0 Å². The van der Waals surface area contributed by atoms with E-state index in [1.165, 1.54) is 4.88 Å². The van der Waals surface area contributed by atoms with E-state index in [4.69, 9.17) is 0 Å². The summed E-state index contributed by atoms with van der Waals surface area (Å²) in [5.41, 5.74) is 2.48. The van der Waals surface area contributed by atoms with E-state index in [2.05, 4.69) is 26.6 Å². The van der Waals surface area contributed by atoms with Crippen molar-refractivity contribution in [2.75, 3.05) is 5.32 Å². The minimum atomic E-state index is -1.17. The van der Waals surface area contributed by atoms with Crippen LogP contribution in [0.5, 0.6) is 0 Å². The highest BCUT2D eigenvalue weighted by Crippen LogP contribution is 2.27. The van der Waals surface area contributed by atoms with Crippen LogP contribution in [0.15, 0.2) is 47.8 Å². The van der Waals surface area contributed by atoms with Gasteiger partial charge < -0.3 is 15.2 Å². The van der Waals surface area contributed by atoms with E-state index in [1.54, 1.807) is 42.5 Å². The molecular weight excluding hydrogens is 400 g/mol. The Morgan fingerprint density at radius 2 is 1.97 bits per heavy atom. The van der Waals surface area contributed by atoms with Crippen molar-refractivity contribution in [1.82, 2.24) is 15.2 Å². The molecule has 1 saturated heterocycles. The molecule has 0 radical (unpaired) electrons. The number of rotatable bonds is 5. The van der Waals surface area contributed by atoms with E-state index in [-0.39, 0.29) is 5.91 Å². The van der Waals surface area contributed by atoms with Crippen LogP contribution >= 0.6 is 11.3 Å². The molecule has 1 fully saturated rings. The first kappa shape index (κ1) is 19.9. The lowest BCUT2D eigenvalue weighted by Crippen LogP contribution is -2.40. The van der Waals surface area contributed by atoms with Gasteiger partial charge in [0, 0.05) is 22.0 Å². The molecule has 30 heavy (non-hydrogen) atoms. The lowest BCUT2D eigenvalue weighted by Gasteiger charge is -2.21. The van der Waals surface area contributed by atoms with E-state index in [0.29, 0.717) is 16.8 Å². The summed E-state index contributed by atoms with van der Waals surface area (Å²) in [6, 6.07) is 12.4. The maximum absolute atomic E-state index is 13.0. The Morgan fingerprint density at radius 1 is 1.17 bits per heavy atom. The van der Waals surface area contributed by atoms with Crippen molar-refractivity contribution in [3.05, 3.63) is 75.2 Å². The molecule has 0 saturated carbocycles. The maximum atomic E-state index is 13.0. The quantitative estimate of drug-likeness (QED) is 0.549. The van der Waals surface area contributed by atoms with Gasteiger partial charge in [-0.15, -0.1) is 11.3 Å². The van der Waals surface area contributed by atoms with Gasteiger partial charge in [-0.1, -0.05) is 18.2 Å². The number of anilines is 1. The summed E-state index contributed by atoms with van der Waals surface area (Å²) in [5.74, 6) is -0.643. The third kappa shape index (κ3) is 3.50. The zero-order valence-corrected chi connectivity index (χ0v) is 17.7. The molecule has 3 heterocycles. The van der Waals surface area contributed by atoms with Crippen LogP contribution in [0.2, 0.25) is 0 Å². The van der Waals surface area contributed by atoms with Gasteiger partial charge in [0.05, 0.1) is 12.1 Å². The van der Waals surface area contributed by atoms with E-state index in [0.717, 1.165) is 17.9 Å². The Hall–Kier alpha value is -3.39. The Balaban J connectivity index is 1.57. The normalized spacial score (nSPS) is 18.2. The van der Waals surface area contributed by atoms with Gasteiger partial charge in [0.25, 0.3) is 11.8 Å². The van der Waals surface area contributed by atoms with Crippen LogP contribution in [-0.4, -0.2) is 22.4 Å². The molecule has 1 atom stereocenters. The van der Waals surface area contributed by atoms with E-state index in [9.17, 15) is 14.4 Å². The first-order valence-corrected chi connectivity index (χ1v) is 10.4. The highest BCUT2D eigenvalue weighted by Gasteiger charge is 2.43. The van der Waals surface area contributed by atoms with Gasteiger partial charge in [-0.05, 0) is 56.0 Å². The van der Waals surface area contributed by atoms with Crippen molar-refractivity contribution in [3.63, 3.8) is 0 Å². The second kappa shape index (κ2) is 7.46. The first-order valence-electron chi connectivity index (χ1n) is 9.52. The molecule has 0 aliphatic carbocycles. The average Bonchev–Trinajstić information content (AvgIpc) is 3.38. The van der Waals surface area contributed by atoms with Crippen molar-refractivity contribution < 1.29 is 14.4 Å². The summed E-state index contributed by atoms with van der Waals surface area (Å²) >= 11 is 1.69. The van der Waals surface area contributed by atoms with Crippen LogP contribution in [0, 0.1) is 13.8 Å². The topological polar surface area (TPSA) is 92.2 Å². The van der Waals surface area contributed by atoms with Crippen LogP contribution in [0.4, 0.5) is 10.5 Å².